The molecule has 0 N–H and O–H groups in total. The van der Waals surface area contributed by atoms with E-state index in [0.29, 0.717) is 5.01 Å². The minimum atomic E-state index is -2.79. The van der Waals surface area contributed by atoms with Crippen LogP contribution in [0.3, 0.4) is 0 Å². The van der Waals surface area contributed by atoms with Crippen molar-refractivity contribution in [3.63, 3.8) is 0 Å². The van der Waals surface area contributed by atoms with Crippen LogP contribution in [0, 0.1) is 19.8 Å². The summed E-state index contributed by atoms with van der Waals surface area (Å²) in [5, 5.41) is 3.41. The van der Waals surface area contributed by atoms with E-state index < -0.39 is 17.6 Å². The number of halogens is 2. The van der Waals surface area contributed by atoms with E-state index in [9.17, 15) is 13.6 Å². The van der Waals surface area contributed by atoms with Crippen molar-refractivity contribution in [3.05, 3.63) is 21.1 Å². The number of alkyl halides is 2. The van der Waals surface area contributed by atoms with Gasteiger partial charge < -0.3 is 0 Å². The zero-order valence-electron chi connectivity index (χ0n) is 10.9. The van der Waals surface area contributed by atoms with Crippen LogP contribution < -0.4 is 0 Å². The molecule has 1 fully saturated rings. The molecule has 0 bridgehead atoms. The Labute approximate surface area is 122 Å². The predicted molar refractivity (Wildman–Crippen MR) is 74.5 cm³/mol. The lowest BCUT2D eigenvalue weighted by Gasteiger charge is -1.96. The van der Waals surface area contributed by atoms with Crippen LogP contribution in [0.4, 0.5) is 8.78 Å². The van der Waals surface area contributed by atoms with Gasteiger partial charge in [-0.2, -0.15) is 0 Å². The van der Waals surface area contributed by atoms with E-state index in [0.717, 1.165) is 21.3 Å². The molecule has 3 nitrogen and oxygen atoms in total. The van der Waals surface area contributed by atoms with Crippen LogP contribution in [0.25, 0.3) is 10.6 Å². The zero-order chi connectivity index (χ0) is 14.5. The second-order valence-electron chi connectivity index (χ2n) is 4.93. The van der Waals surface area contributed by atoms with Crippen molar-refractivity contribution in [2.75, 3.05) is 0 Å². The average Bonchev–Trinajstić information content (AvgIpc) is 2.72. The third-order valence-corrected chi connectivity index (χ3v) is 5.17. The molecule has 1 aliphatic rings. The van der Waals surface area contributed by atoms with Crippen molar-refractivity contribution in [1.29, 1.82) is 0 Å². The quantitative estimate of drug-likeness (QED) is 0.865. The first-order chi connectivity index (χ1) is 9.37. The summed E-state index contributed by atoms with van der Waals surface area (Å²) in [6.45, 7) is 3.83. The summed E-state index contributed by atoms with van der Waals surface area (Å²) < 4.78 is 25.7. The summed E-state index contributed by atoms with van der Waals surface area (Å²) >= 11 is 2.88. The van der Waals surface area contributed by atoms with Crippen LogP contribution in [0.5, 0.6) is 0 Å². The maximum absolute atomic E-state index is 12.8. The molecule has 2 heterocycles. The molecule has 1 saturated carbocycles. The highest BCUT2D eigenvalue weighted by molar-refractivity contribution is 7.16. The van der Waals surface area contributed by atoms with E-state index in [1.165, 1.54) is 11.3 Å². The van der Waals surface area contributed by atoms with Crippen molar-refractivity contribution in [1.82, 2.24) is 9.97 Å². The van der Waals surface area contributed by atoms with Crippen LogP contribution in [0.2, 0.25) is 0 Å². The van der Waals surface area contributed by atoms with Crippen molar-refractivity contribution in [3.8, 4) is 10.6 Å². The molecule has 7 heteroatoms. The highest BCUT2D eigenvalue weighted by atomic mass is 32.1. The lowest BCUT2D eigenvalue weighted by Crippen LogP contribution is -2.10. The molecule has 0 radical (unpaired) electrons. The standard InChI is InChI=1S/C13H12F2N2OS2/c1-6-12(20-7(2)16-6)9-5-19-11(17-9)3-10(18)8-4-13(8,14)15/h5,8H,3-4H2,1-2H3. The number of thiazole rings is 2. The summed E-state index contributed by atoms with van der Waals surface area (Å²) in [5.41, 5.74) is 1.69. The number of carbonyl (C=O) groups is 1. The molecular weight excluding hydrogens is 302 g/mol. The van der Waals surface area contributed by atoms with E-state index in [-0.39, 0.29) is 12.8 Å². The summed E-state index contributed by atoms with van der Waals surface area (Å²) in [6.07, 6.45) is -0.307. The molecule has 1 atom stereocenters. The third kappa shape index (κ3) is 2.52. The first-order valence-electron chi connectivity index (χ1n) is 6.16. The Hall–Kier alpha value is -1.21. The maximum atomic E-state index is 12.8. The third-order valence-electron chi connectivity index (χ3n) is 3.23. The van der Waals surface area contributed by atoms with Crippen molar-refractivity contribution < 1.29 is 13.6 Å². The highest BCUT2D eigenvalue weighted by Gasteiger charge is 2.60. The Balaban J connectivity index is 1.74. The molecule has 20 heavy (non-hydrogen) atoms. The maximum Gasteiger partial charge on any atom is 0.258 e. The molecule has 0 saturated heterocycles. The first kappa shape index (κ1) is 13.8. The van der Waals surface area contributed by atoms with Gasteiger partial charge in [-0.15, -0.1) is 22.7 Å². The molecular formula is C13H12F2N2OS2. The average molecular weight is 314 g/mol. The summed E-state index contributed by atoms with van der Waals surface area (Å²) in [4.78, 5) is 21.4. The van der Waals surface area contributed by atoms with Crippen LogP contribution >= 0.6 is 22.7 Å². The van der Waals surface area contributed by atoms with E-state index >= 15 is 0 Å². The number of carbonyl (C=O) groups excluding carboxylic acids is 1. The number of aryl methyl sites for hydroxylation is 2. The molecule has 0 spiro atoms. The topological polar surface area (TPSA) is 42.9 Å². The molecule has 1 aliphatic carbocycles. The van der Waals surface area contributed by atoms with Gasteiger partial charge in [0.1, 0.15) is 10.8 Å². The summed E-state index contributed by atoms with van der Waals surface area (Å²) in [6, 6.07) is 0. The Morgan fingerprint density at radius 3 is 2.70 bits per heavy atom. The van der Waals surface area contributed by atoms with E-state index in [1.54, 1.807) is 11.3 Å². The number of hydrogen-bond donors (Lipinski definition) is 0. The molecule has 0 amide bonds. The number of nitrogens with zero attached hydrogens (tertiary/aromatic N) is 2. The second-order valence-corrected chi connectivity index (χ2v) is 7.08. The number of ketones is 1. The minimum absolute atomic E-state index is 0.00174. The largest absolute Gasteiger partial charge is 0.299 e. The first-order valence-corrected chi connectivity index (χ1v) is 7.86. The van der Waals surface area contributed by atoms with Crippen LogP contribution in [0.15, 0.2) is 5.38 Å². The molecule has 0 aromatic carbocycles. The van der Waals surface area contributed by atoms with Gasteiger partial charge in [0.25, 0.3) is 5.92 Å². The minimum Gasteiger partial charge on any atom is -0.299 e. The molecule has 2 aromatic heterocycles. The van der Waals surface area contributed by atoms with Gasteiger partial charge in [-0.3, -0.25) is 4.79 Å². The lowest BCUT2D eigenvalue weighted by molar-refractivity contribution is -0.121. The van der Waals surface area contributed by atoms with Crippen LogP contribution in [0.1, 0.15) is 22.1 Å². The summed E-state index contributed by atoms with van der Waals surface area (Å²) in [7, 11) is 0. The van der Waals surface area contributed by atoms with Gasteiger partial charge in [0, 0.05) is 11.8 Å². The van der Waals surface area contributed by atoms with E-state index in [4.69, 9.17) is 0 Å². The fourth-order valence-corrected chi connectivity index (χ4v) is 3.85. The van der Waals surface area contributed by atoms with Gasteiger partial charge in [-0.1, -0.05) is 0 Å². The Morgan fingerprint density at radius 2 is 2.15 bits per heavy atom. The molecule has 1 unspecified atom stereocenters. The predicted octanol–water partition coefficient (Wildman–Crippen LogP) is 3.65. The van der Waals surface area contributed by atoms with Gasteiger partial charge in [-0.25, -0.2) is 18.7 Å². The monoisotopic (exact) mass is 314 g/mol. The SMILES string of the molecule is Cc1nc(C)c(-c2csc(CC(=O)C3CC3(F)F)n2)s1. The lowest BCUT2D eigenvalue weighted by atomic mass is 10.2. The number of Topliss-reactive ketones (excluding diaryl/α,β-unsaturated/α-hetero) is 1. The molecule has 2 aromatic rings. The Morgan fingerprint density at radius 1 is 1.45 bits per heavy atom. The highest BCUT2D eigenvalue weighted by Crippen LogP contribution is 2.49. The zero-order valence-corrected chi connectivity index (χ0v) is 12.6. The van der Waals surface area contributed by atoms with Crippen molar-refractivity contribution in [2.24, 2.45) is 5.92 Å². The van der Waals surface area contributed by atoms with Gasteiger partial charge in [-0.05, 0) is 13.8 Å². The van der Waals surface area contributed by atoms with Crippen LogP contribution in [-0.2, 0) is 11.2 Å². The van der Waals surface area contributed by atoms with Crippen molar-refractivity contribution >= 4 is 28.5 Å². The molecule has 106 valence electrons. The van der Waals surface area contributed by atoms with Gasteiger partial charge in [0.05, 0.1) is 33.6 Å². The summed E-state index contributed by atoms with van der Waals surface area (Å²) in [5.74, 6) is -4.29. The van der Waals surface area contributed by atoms with Gasteiger partial charge in [0.15, 0.2) is 0 Å². The molecule has 3 rings (SSSR count). The van der Waals surface area contributed by atoms with Crippen molar-refractivity contribution in [2.45, 2.75) is 32.6 Å². The second kappa shape index (κ2) is 4.66. The fourth-order valence-electron chi connectivity index (χ4n) is 2.10. The van der Waals surface area contributed by atoms with Crippen LogP contribution in [-0.4, -0.2) is 21.7 Å². The van der Waals surface area contributed by atoms with E-state index in [2.05, 4.69) is 9.97 Å². The Kier molecular flexibility index (Phi) is 3.21. The van der Waals surface area contributed by atoms with E-state index in [1.807, 2.05) is 19.2 Å². The number of aromatic nitrogens is 2. The van der Waals surface area contributed by atoms with Gasteiger partial charge >= 0.3 is 0 Å². The smallest absolute Gasteiger partial charge is 0.258 e. The Bertz CT molecular complexity index is 678. The number of hydrogen-bond acceptors (Lipinski definition) is 5. The normalized spacial score (nSPS) is 20.1. The van der Waals surface area contributed by atoms with Gasteiger partial charge in [0.2, 0.25) is 0 Å². The molecule has 0 aliphatic heterocycles. The number of rotatable bonds is 4. The fraction of sp³-hybridized carbons (Fsp3) is 0.462.